The van der Waals surface area contributed by atoms with E-state index in [9.17, 15) is 9.59 Å². The van der Waals surface area contributed by atoms with Gasteiger partial charge >= 0.3 is 0 Å². The van der Waals surface area contributed by atoms with Crippen LogP contribution in [0.2, 0.25) is 0 Å². The van der Waals surface area contributed by atoms with Gasteiger partial charge in [0.25, 0.3) is 11.8 Å². The van der Waals surface area contributed by atoms with Gasteiger partial charge in [0.2, 0.25) is 0 Å². The van der Waals surface area contributed by atoms with Crippen LogP contribution in [0.4, 0.5) is 0 Å². The molecule has 2 heterocycles. The second-order valence-corrected chi connectivity index (χ2v) is 6.53. The Morgan fingerprint density at radius 2 is 1.80 bits per heavy atom. The van der Waals surface area contributed by atoms with Gasteiger partial charge in [0.1, 0.15) is 14.5 Å². The largest absolute Gasteiger partial charge is 0.352 e. The molecule has 0 unspecified atom stereocenters. The monoisotopic (exact) mass is 370 g/mol. The fourth-order valence-electron chi connectivity index (χ4n) is 2.15. The Labute approximate surface area is 152 Å². The Kier molecular flexibility index (Phi) is 5.01. The number of carbonyl (C=O) groups is 2. The molecule has 25 heavy (non-hydrogen) atoms. The number of thiazole rings is 1. The lowest BCUT2D eigenvalue weighted by molar-refractivity contribution is 0.0848. The molecule has 0 saturated carbocycles. The van der Waals surface area contributed by atoms with Crippen molar-refractivity contribution in [1.82, 2.24) is 20.8 Å². The molecular weight excluding hydrogens is 356 g/mol. The van der Waals surface area contributed by atoms with Crippen molar-refractivity contribution >= 4 is 35.4 Å². The summed E-state index contributed by atoms with van der Waals surface area (Å²) in [6.07, 6.45) is 1.63. The number of aryl methyl sites for hydroxylation is 1. The number of hydrogen-bond donors (Lipinski definition) is 3. The highest BCUT2D eigenvalue weighted by atomic mass is 32.1. The maximum Gasteiger partial charge on any atom is 0.281 e. The van der Waals surface area contributed by atoms with Crippen molar-refractivity contribution in [2.75, 3.05) is 0 Å². The summed E-state index contributed by atoms with van der Waals surface area (Å²) in [5.74, 6) is -0.906. The normalized spacial score (nSPS) is 10.3. The molecule has 0 aliphatic carbocycles. The fourth-order valence-corrected chi connectivity index (χ4v) is 3.35. The van der Waals surface area contributed by atoms with Crippen LogP contribution < -0.4 is 10.9 Å². The molecule has 0 fully saturated rings. The maximum absolute atomic E-state index is 12.3. The SMILES string of the molecule is Cc1nc(-c2ccccc2)sc1C(=O)NNC(=O)c1ccc[nH]c1=S. The Morgan fingerprint density at radius 3 is 2.52 bits per heavy atom. The molecule has 3 rings (SSSR count). The fraction of sp³-hybridized carbons (Fsp3) is 0.0588. The van der Waals surface area contributed by atoms with Crippen LogP contribution >= 0.6 is 23.6 Å². The highest BCUT2D eigenvalue weighted by molar-refractivity contribution is 7.71. The van der Waals surface area contributed by atoms with Crippen LogP contribution in [-0.4, -0.2) is 21.8 Å². The molecule has 3 N–H and O–H groups in total. The topological polar surface area (TPSA) is 86.9 Å². The lowest BCUT2D eigenvalue weighted by atomic mass is 10.2. The molecule has 3 aromatic rings. The Morgan fingerprint density at radius 1 is 1.08 bits per heavy atom. The zero-order valence-corrected chi connectivity index (χ0v) is 14.8. The van der Waals surface area contributed by atoms with Crippen LogP contribution in [0.25, 0.3) is 10.6 Å². The van der Waals surface area contributed by atoms with E-state index in [2.05, 4.69) is 20.8 Å². The molecule has 2 amide bonds. The molecule has 126 valence electrons. The lowest BCUT2D eigenvalue weighted by Gasteiger charge is -2.06. The molecule has 0 bridgehead atoms. The predicted molar refractivity (Wildman–Crippen MR) is 98.8 cm³/mol. The number of H-pyrrole nitrogens is 1. The van der Waals surface area contributed by atoms with Crippen molar-refractivity contribution in [3.05, 3.63) is 69.4 Å². The summed E-state index contributed by atoms with van der Waals surface area (Å²) in [5, 5.41) is 0.750. The maximum atomic E-state index is 12.3. The van der Waals surface area contributed by atoms with Crippen molar-refractivity contribution in [2.24, 2.45) is 0 Å². The van der Waals surface area contributed by atoms with Crippen LogP contribution in [-0.2, 0) is 0 Å². The first kappa shape index (κ1) is 17.0. The molecular formula is C17H14N4O2S2. The second kappa shape index (κ2) is 7.37. The Bertz CT molecular complexity index is 980. The van der Waals surface area contributed by atoms with Crippen LogP contribution in [0.1, 0.15) is 25.7 Å². The summed E-state index contributed by atoms with van der Waals surface area (Å²) in [6, 6.07) is 12.8. The van der Waals surface area contributed by atoms with Gasteiger partial charge in [0.05, 0.1) is 11.3 Å². The first-order chi connectivity index (χ1) is 12.1. The van der Waals surface area contributed by atoms with Gasteiger partial charge in [0.15, 0.2) is 0 Å². The minimum Gasteiger partial charge on any atom is -0.352 e. The molecule has 8 heteroatoms. The molecule has 0 aliphatic heterocycles. The third kappa shape index (κ3) is 3.81. The van der Waals surface area contributed by atoms with Gasteiger partial charge in [0, 0.05) is 11.8 Å². The number of nitrogens with zero attached hydrogens (tertiary/aromatic N) is 1. The summed E-state index contributed by atoms with van der Waals surface area (Å²) in [5.41, 5.74) is 6.59. The number of aromatic nitrogens is 2. The lowest BCUT2D eigenvalue weighted by Crippen LogP contribution is -2.41. The minimum absolute atomic E-state index is 0.281. The van der Waals surface area contributed by atoms with E-state index in [4.69, 9.17) is 12.2 Å². The summed E-state index contributed by atoms with van der Waals surface area (Å²) >= 11 is 6.31. The number of rotatable bonds is 3. The second-order valence-electron chi connectivity index (χ2n) is 5.12. The third-order valence-corrected chi connectivity index (χ3v) is 4.92. The van der Waals surface area contributed by atoms with Gasteiger partial charge < -0.3 is 4.98 Å². The van der Waals surface area contributed by atoms with Crippen molar-refractivity contribution in [3.63, 3.8) is 0 Å². The molecule has 0 radical (unpaired) electrons. The summed E-state index contributed by atoms with van der Waals surface area (Å²) < 4.78 is 0.301. The van der Waals surface area contributed by atoms with Gasteiger partial charge in [-0.15, -0.1) is 11.3 Å². The van der Waals surface area contributed by atoms with Gasteiger partial charge in [-0.05, 0) is 19.1 Å². The predicted octanol–water partition coefficient (Wildman–Crippen LogP) is 3.25. The number of amides is 2. The van der Waals surface area contributed by atoms with Crippen LogP contribution in [0, 0.1) is 11.6 Å². The van der Waals surface area contributed by atoms with Gasteiger partial charge in [-0.2, -0.15) is 0 Å². The van der Waals surface area contributed by atoms with Crippen LogP contribution in [0.3, 0.4) is 0 Å². The molecule has 6 nitrogen and oxygen atoms in total. The smallest absolute Gasteiger partial charge is 0.281 e. The van der Waals surface area contributed by atoms with Crippen LogP contribution in [0.5, 0.6) is 0 Å². The summed E-state index contributed by atoms with van der Waals surface area (Å²) in [4.78, 5) is 32.1. The van der Waals surface area contributed by atoms with Crippen molar-refractivity contribution in [2.45, 2.75) is 6.92 Å². The Balaban J connectivity index is 1.72. The molecule has 0 atom stereocenters. The van der Waals surface area contributed by atoms with E-state index in [0.29, 0.717) is 15.2 Å². The van der Waals surface area contributed by atoms with Crippen molar-refractivity contribution in [3.8, 4) is 10.6 Å². The molecule has 0 aliphatic rings. The zero-order chi connectivity index (χ0) is 17.8. The van der Waals surface area contributed by atoms with E-state index in [1.807, 2.05) is 30.3 Å². The number of hydrazine groups is 1. The highest BCUT2D eigenvalue weighted by Gasteiger charge is 2.17. The average molecular weight is 370 g/mol. The average Bonchev–Trinajstić information content (AvgIpc) is 3.02. The number of carbonyl (C=O) groups excluding carboxylic acids is 2. The summed E-state index contributed by atoms with van der Waals surface area (Å²) in [6.45, 7) is 1.76. The van der Waals surface area contributed by atoms with E-state index in [0.717, 1.165) is 10.6 Å². The van der Waals surface area contributed by atoms with E-state index < -0.39 is 11.8 Å². The standard InChI is InChI=1S/C17H14N4O2S2/c1-10-13(25-17(19-10)11-6-3-2-4-7-11)15(23)21-20-14(22)12-8-5-9-18-16(12)24/h2-9H,1H3,(H,18,24)(H,20,22)(H,21,23). The van der Waals surface area contributed by atoms with Crippen molar-refractivity contribution < 1.29 is 9.59 Å². The van der Waals surface area contributed by atoms with E-state index >= 15 is 0 Å². The number of nitrogens with one attached hydrogen (secondary N) is 3. The van der Waals surface area contributed by atoms with Gasteiger partial charge in [-0.1, -0.05) is 42.5 Å². The number of hydrogen-bond acceptors (Lipinski definition) is 5. The van der Waals surface area contributed by atoms with Crippen molar-refractivity contribution in [1.29, 1.82) is 0 Å². The minimum atomic E-state index is -0.486. The molecule has 0 saturated heterocycles. The highest BCUT2D eigenvalue weighted by Crippen LogP contribution is 2.27. The zero-order valence-electron chi connectivity index (χ0n) is 13.2. The van der Waals surface area contributed by atoms with Crippen LogP contribution in [0.15, 0.2) is 48.7 Å². The molecule has 0 spiro atoms. The third-order valence-electron chi connectivity index (χ3n) is 3.38. The van der Waals surface area contributed by atoms with E-state index in [-0.39, 0.29) is 5.56 Å². The number of benzene rings is 1. The van der Waals surface area contributed by atoms with E-state index in [1.165, 1.54) is 11.3 Å². The first-order valence-electron chi connectivity index (χ1n) is 7.37. The Hall–Kier alpha value is -2.84. The molecule has 1 aromatic carbocycles. The number of aromatic amines is 1. The summed E-state index contributed by atoms with van der Waals surface area (Å²) in [7, 11) is 0. The number of pyridine rings is 1. The van der Waals surface area contributed by atoms with Gasteiger partial charge in [-0.3, -0.25) is 20.4 Å². The van der Waals surface area contributed by atoms with Gasteiger partial charge in [-0.25, -0.2) is 4.98 Å². The quantitative estimate of drug-likeness (QED) is 0.488. The molecule has 2 aromatic heterocycles. The first-order valence-corrected chi connectivity index (χ1v) is 8.60. The van der Waals surface area contributed by atoms with E-state index in [1.54, 1.807) is 25.3 Å².